The standard InChI is InChI=1S/C29H28N2O6S/c1-18-12-14-19(15-13-18)38(34,35)31-25-11-7-5-9-21(25)23(17-27(33)37-3)29(31)28-22(16-26(32)36-2)20-8-4-6-10-24(20)30-28/h4-15,23,29-30H,16-17H2,1-3H3/t23-,29-/m1/s1. The number of sulfonamides is 1. The lowest BCUT2D eigenvalue weighted by Crippen LogP contribution is -2.34. The summed E-state index contributed by atoms with van der Waals surface area (Å²) < 4.78 is 40.0. The lowest BCUT2D eigenvalue weighted by atomic mass is 9.88. The van der Waals surface area contributed by atoms with Crippen molar-refractivity contribution in [1.29, 1.82) is 0 Å². The number of anilines is 1. The molecule has 3 aromatic carbocycles. The number of methoxy groups -OCH3 is 2. The van der Waals surface area contributed by atoms with Gasteiger partial charge >= 0.3 is 11.9 Å². The number of H-pyrrole nitrogens is 1. The number of para-hydroxylation sites is 2. The number of ether oxygens (including phenoxy) is 2. The van der Waals surface area contributed by atoms with Crippen molar-refractivity contribution in [2.75, 3.05) is 18.5 Å². The van der Waals surface area contributed by atoms with Gasteiger partial charge in [-0.2, -0.15) is 0 Å². The highest BCUT2D eigenvalue weighted by Gasteiger charge is 2.48. The van der Waals surface area contributed by atoms with E-state index >= 15 is 0 Å². The van der Waals surface area contributed by atoms with Gasteiger partial charge in [0.2, 0.25) is 0 Å². The van der Waals surface area contributed by atoms with E-state index in [-0.39, 0.29) is 17.7 Å². The Morgan fingerprint density at radius 1 is 0.895 bits per heavy atom. The highest BCUT2D eigenvalue weighted by atomic mass is 32.2. The SMILES string of the molecule is COC(=O)Cc1c([C@H]2[C@H](CC(=O)OC)c3ccccc3N2S(=O)(=O)c2ccc(C)cc2)[nH]c2ccccc12. The minimum Gasteiger partial charge on any atom is -0.469 e. The van der Waals surface area contributed by atoms with Crippen LogP contribution < -0.4 is 4.31 Å². The smallest absolute Gasteiger partial charge is 0.310 e. The van der Waals surface area contributed by atoms with E-state index in [1.807, 2.05) is 43.3 Å². The zero-order valence-electron chi connectivity index (χ0n) is 21.3. The molecule has 0 saturated heterocycles. The number of benzene rings is 3. The first-order valence-electron chi connectivity index (χ1n) is 12.2. The fraction of sp³-hybridized carbons (Fsp3) is 0.241. The lowest BCUT2D eigenvalue weighted by molar-refractivity contribution is -0.141. The molecule has 0 unspecified atom stereocenters. The third kappa shape index (κ3) is 4.32. The number of hydrogen-bond donors (Lipinski definition) is 1. The van der Waals surface area contributed by atoms with Crippen LogP contribution >= 0.6 is 0 Å². The number of aryl methyl sites for hydroxylation is 1. The zero-order chi connectivity index (χ0) is 27.0. The van der Waals surface area contributed by atoms with Gasteiger partial charge in [-0.05, 0) is 42.3 Å². The Kier molecular flexibility index (Phi) is 6.71. The summed E-state index contributed by atoms with van der Waals surface area (Å²) in [4.78, 5) is 28.6. The van der Waals surface area contributed by atoms with Crippen molar-refractivity contribution >= 4 is 38.6 Å². The fourth-order valence-electron chi connectivity index (χ4n) is 5.27. The van der Waals surface area contributed by atoms with Crippen LogP contribution in [-0.4, -0.2) is 39.6 Å². The predicted octanol–water partition coefficient (Wildman–Crippen LogP) is 4.79. The maximum absolute atomic E-state index is 14.3. The first-order valence-corrected chi connectivity index (χ1v) is 13.6. The van der Waals surface area contributed by atoms with Crippen molar-refractivity contribution in [3.05, 3.63) is 95.2 Å². The number of rotatable bonds is 7. The Morgan fingerprint density at radius 3 is 2.26 bits per heavy atom. The van der Waals surface area contributed by atoms with Gasteiger partial charge in [-0.1, -0.05) is 54.1 Å². The number of nitrogens with one attached hydrogen (secondary N) is 1. The second-order valence-corrected chi connectivity index (χ2v) is 11.1. The molecule has 8 nitrogen and oxygen atoms in total. The largest absolute Gasteiger partial charge is 0.469 e. The Morgan fingerprint density at radius 2 is 1.55 bits per heavy atom. The molecule has 0 amide bonds. The Labute approximate surface area is 221 Å². The van der Waals surface area contributed by atoms with Crippen molar-refractivity contribution in [2.24, 2.45) is 0 Å². The average molecular weight is 533 g/mol. The molecule has 1 aliphatic heterocycles. The molecule has 0 saturated carbocycles. The third-order valence-electron chi connectivity index (χ3n) is 7.09. The maximum atomic E-state index is 14.3. The molecule has 0 bridgehead atoms. The molecule has 1 aliphatic rings. The summed E-state index contributed by atoms with van der Waals surface area (Å²) in [5, 5.41) is 0.786. The summed E-state index contributed by atoms with van der Waals surface area (Å²) in [6, 6.07) is 20.5. The number of hydrogen-bond acceptors (Lipinski definition) is 6. The van der Waals surface area contributed by atoms with Crippen molar-refractivity contribution in [2.45, 2.75) is 36.6 Å². The van der Waals surface area contributed by atoms with Crippen molar-refractivity contribution < 1.29 is 27.5 Å². The highest BCUT2D eigenvalue weighted by molar-refractivity contribution is 7.92. The molecule has 9 heteroatoms. The van der Waals surface area contributed by atoms with E-state index in [0.29, 0.717) is 22.5 Å². The first kappa shape index (κ1) is 25.5. The van der Waals surface area contributed by atoms with Gasteiger partial charge in [-0.15, -0.1) is 0 Å². The van der Waals surface area contributed by atoms with Crippen molar-refractivity contribution in [1.82, 2.24) is 4.98 Å². The summed E-state index contributed by atoms with van der Waals surface area (Å²) in [5.74, 6) is -1.48. The van der Waals surface area contributed by atoms with Crippen LogP contribution in [0.2, 0.25) is 0 Å². The van der Waals surface area contributed by atoms with Crippen LogP contribution in [0.15, 0.2) is 77.7 Å². The predicted molar refractivity (Wildman–Crippen MR) is 143 cm³/mol. The second kappa shape index (κ2) is 9.98. The molecular formula is C29H28N2O6S. The summed E-state index contributed by atoms with van der Waals surface area (Å²) in [6.45, 7) is 1.89. The van der Waals surface area contributed by atoms with E-state index in [0.717, 1.165) is 16.5 Å². The van der Waals surface area contributed by atoms with Gasteiger partial charge in [-0.25, -0.2) is 8.42 Å². The minimum absolute atomic E-state index is 0.0505. The van der Waals surface area contributed by atoms with Crippen LogP contribution in [0.25, 0.3) is 10.9 Å². The quantitative estimate of drug-likeness (QED) is 0.343. The van der Waals surface area contributed by atoms with Crippen LogP contribution in [-0.2, 0) is 35.5 Å². The molecule has 1 N–H and O–H groups in total. The van der Waals surface area contributed by atoms with Crippen LogP contribution in [0.5, 0.6) is 0 Å². The van der Waals surface area contributed by atoms with E-state index in [9.17, 15) is 18.0 Å². The summed E-state index contributed by atoms with van der Waals surface area (Å²) in [5.41, 5.74) is 4.04. The minimum atomic E-state index is -4.08. The fourth-order valence-corrected chi connectivity index (χ4v) is 6.95. The van der Waals surface area contributed by atoms with E-state index in [1.54, 1.807) is 36.4 Å². The van der Waals surface area contributed by atoms with Gasteiger partial charge < -0.3 is 14.5 Å². The first-order chi connectivity index (χ1) is 18.3. The Bertz CT molecular complexity index is 1620. The van der Waals surface area contributed by atoms with Gasteiger partial charge in [0, 0.05) is 22.5 Å². The second-order valence-electron chi connectivity index (χ2n) is 9.32. The average Bonchev–Trinajstić information content (AvgIpc) is 3.44. The van der Waals surface area contributed by atoms with Crippen LogP contribution in [0, 0.1) is 6.92 Å². The zero-order valence-corrected chi connectivity index (χ0v) is 22.1. The summed E-state index contributed by atoms with van der Waals surface area (Å²) >= 11 is 0. The molecule has 0 spiro atoms. The summed E-state index contributed by atoms with van der Waals surface area (Å²) in [6.07, 6.45) is -0.114. The molecule has 0 fully saturated rings. The highest BCUT2D eigenvalue weighted by Crippen LogP contribution is 2.54. The van der Waals surface area contributed by atoms with Crippen molar-refractivity contribution in [3.63, 3.8) is 0 Å². The number of carbonyl (C=O) groups excluding carboxylic acids is 2. The maximum Gasteiger partial charge on any atom is 0.310 e. The molecule has 2 atom stereocenters. The molecule has 38 heavy (non-hydrogen) atoms. The van der Waals surface area contributed by atoms with Gasteiger partial charge in [0.1, 0.15) is 0 Å². The molecule has 2 heterocycles. The summed E-state index contributed by atoms with van der Waals surface area (Å²) in [7, 11) is -1.46. The lowest BCUT2D eigenvalue weighted by Gasteiger charge is -2.30. The van der Waals surface area contributed by atoms with E-state index < -0.39 is 33.9 Å². The van der Waals surface area contributed by atoms with Gasteiger partial charge in [0.15, 0.2) is 0 Å². The molecule has 4 aromatic rings. The van der Waals surface area contributed by atoms with Crippen LogP contribution in [0.4, 0.5) is 5.69 Å². The Hall–Kier alpha value is -4.11. The molecule has 0 radical (unpaired) electrons. The van der Waals surface area contributed by atoms with E-state index in [1.165, 1.54) is 18.5 Å². The number of aromatic amines is 1. The third-order valence-corrected chi connectivity index (χ3v) is 8.90. The van der Waals surface area contributed by atoms with E-state index in [4.69, 9.17) is 9.47 Å². The number of aromatic nitrogens is 1. The monoisotopic (exact) mass is 532 g/mol. The van der Waals surface area contributed by atoms with Gasteiger partial charge in [0.05, 0.1) is 43.7 Å². The van der Waals surface area contributed by atoms with Crippen LogP contribution in [0.1, 0.15) is 40.8 Å². The molecular weight excluding hydrogens is 504 g/mol. The topological polar surface area (TPSA) is 106 Å². The van der Waals surface area contributed by atoms with Gasteiger partial charge in [-0.3, -0.25) is 13.9 Å². The Balaban J connectivity index is 1.79. The normalized spacial score (nSPS) is 16.9. The molecule has 0 aliphatic carbocycles. The number of carbonyl (C=O) groups is 2. The van der Waals surface area contributed by atoms with Crippen molar-refractivity contribution in [3.8, 4) is 0 Å². The number of nitrogens with zero attached hydrogens (tertiary/aromatic N) is 1. The van der Waals surface area contributed by atoms with E-state index in [2.05, 4.69) is 4.98 Å². The van der Waals surface area contributed by atoms with Crippen LogP contribution in [0.3, 0.4) is 0 Å². The number of fused-ring (bicyclic) bond motifs is 2. The molecule has 5 rings (SSSR count). The van der Waals surface area contributed by atoms with Gasteiger partial charge in [0.25, 0.3) is 10.0 Å². The number of esters is 2. The molecule has 1 aromatic heterocycles. The molecule has 196 valence electrons.